The monoisotopic (exact) mass is 389 g/mol. The number of benzene rings is 1. The summed E-state index contributed by atoms with van der Waals surface area (Å²) in [7, 11) is -3.23. The summed E-state index contributed by atoms with van der Waals surface area (Å²) in [6.45, 7) is 0.687. The van der Waals surface area contributed by atoms with Gasteiger partial charge in [-0.25, -0.2) is 8.42 Å². The molecule has 0 saturated heterocycles. The summed E-state index contributed by atoms with van der Waals surface area (Å²) in [6, 6.07) is 7.23. The number of anilines is 1. The second-order valence-electron chi connectivity index (χ2n) is 7.24. The minimum Gasteiger partial charge on any atom is -0.307 e. The maximum Gasteiger partial charge on any atom is 0.268 e. The SMILES string of the molecule is CS(=O)(=O)c1ccc2c(c1)CCCN2C(=O)c1cc2c(s1)CCCCC2. The van der Waals surface area contributed by atoms with Gasteiger partial charge in [-0.3, -0.25) is 4.79 Å². The number of carbonyl (C=O) groups excluding carboxylic acids is 1. The Hall–Kier alpha value is -1.66. The van der Waals surface area contributed by atoms with E-state index >= 15 is 0 Å². The van der Waals surface area contributed by atoms with Crippen LogP contribution in [0.4, 0.5) is 5.69 Å². The van der Waals surface area contributed by atoms with E-state index in [4.69, 9.17) is 0 Å². The molecule has 1 aromatic carbocycles. The Morgan fingerprint density at radius 2 is 1.77 bits per heavy atom. The molecule has 0 bridgehead atoms. The predicted octanol–water partition coefficient (Wildman–Crippen LogP) is 4.01. The van der Waals surface area contributed by atoms with Gasteiger partial charge in [-0.2, -0.15) is 0 Å². The van der Waals surface area contributed by atoms with Gasteiger partial charge in [0.15, 0.2) is 9.84 Å². The van der Waals surface area contributed by atoms with Gasteiger partial charge in [0.05, 0.1) is 9.77 Å². The Labute approximate surface area is 158 Å². The minimum absolute atomic E-state index is 0.0520. The molecule has 26 heavy (non-hydrogen) atoms. The van der Waals surface area contributed by atoms with Crippen LogP contribution in [0.1, 0.15) is 51.4 Å². The molecule has 0 saturated carbocycles. The zero-order valence-corrected chi connectivity index (χ0v) is 16.6. The molecule has 4 nitrogen and oxygen atoms in total. The molecule has 0 radical (unpaired) electrons. The normalized spacial score (nSPS) is 17.3. The van der Waals surface area contributed by atoms with Crippen molar-refractivity contribution < 1.29 is 13.2 Å². The first-order valence-corrected chi connectivity index (χ1v) is 11.9. The molecular weight excluding hydrogens is 366 g/mol. The van der Waals surface area contributed by atoms with Crippen LogP contribution in [0.2, 0.25) is 0 Å². The van der Waals surface area contributed by atoms with E-state index in [1.54, 1.807) is 29.5 Å². The lowest BCUT2D eigenvalue weighted by Gasteiger charge is -2.29. The highest BCUT2D eigenvalue weighted by molar-refractivity contribution is 7.90. The fourth-order valence-corrected chi connectivity index (χ4v) is 5.80. The minimum atomic E-state index is -3.23. The molecule has 138 valence electrons. The first-order valence-electron chi connectivity index (χ1n) is 9.20. The van der Waals surface area contributed by atoms with Crippen molar-refractivity contribution in [1.29, 1.82) is 0 Å². The fraction of sp³-hybridized carbons (Fsp3) is 0.450. The van der Waals surface area contributed by atoms with Crippen molar-refractivity contribution in [2.75, 3.05) is 17.7 Å². The number of rotatable bonds is 2. The van der Waals surface area contributed by atoms with Gasteiger partial charge in [-0.15, -0.1) is 11.3 Å². The number of hydrogen-bond donors (Lipinski definition) is 0. The third-order valence-electron chi connectivity index (χ3n) is 5.30. The number of aryl methyl sites for hydroxylation is 3. The summed E-state index contributed by atoms with van der Waals surface area (Å²) < 4.78 is 23.6. The van der Waals surface area contributed by atoms with Gasteiger partial charge in [0.2, 0.25) is 0 Å². The maximum absolute atomic E-state index is 13.2. The standard InChI is InChI=1S/C20H23NO3S2/c1-26(23,24)16-9-10-17-14(12-16)7-5-11-21(17)20(22)19-13-15-6-3-2-4-8-18(15)25-19/h9-10,12-13H,2-8,11H2,1H3. The highest BCUT2D eigenvalue weighted by atomic mass is 32.2. The van der Waals surface area contributed by atoms with Crippen molar-refractivity contribution in [2.24, 2.45) is 0 Å². The van der Waals surface area contributed by atoms with Crippen molar-refractivity contribution in [3.8, 4) is 0 Å². The Morgan fingerprint density at radius 3 is 2.58 bits per heavy atom. The molecule has 1 aliphatic heterocycles. The zero-order valence-electron chi connectivity index (χ0n) is 15.0. The highest BCUT2D eigenvalue weighted by Gasteiger charge is 2.27. The summed E-state index contributed by atoms with van der Waals surface area (Å²) in [6.07, 6.45) is 8.74. The van der Waals surface area contributed by atoms with Gasteiger partial charge >= 0.3 is 0 Å². The van der Waals surface area contributed by atoms with Crippen LogP contribution in [0.3, 0.4) is 0 Å². The van der Waals surface area contributed by atoms with E-state index in [1.807, 2.05) is 4.90 Å². The molecule has 0 spiro atoms. The van der Waals surface area contributed by atoms with Gasteiger partial charge in [-0.1, -0.05) is 6.42 Å². The van der Waals surface area contributed by atoms with E-state index in [1.165, 1.54) is 36.0 Å². The average molecular weight is 390 g/mol. The van der Waals surface area contributed by atoms with Crippen molar-refractivity contribution >= 4 is 32.8 Å². The molecule has 0 atom stereocenters. The van der Waals surface area contributed by atoms with E-state index in [2.05, 4.69) is 6.07 Å². The van der Waals surface area contributed by atoms with Crippen LogP contribution in [0.25, 0.3) is 0 Å². The van der Waals surface area contributed by atoms with Crippen molar-refractivity contribution in [3.05, 3.63) is 45.1 Å². The van der Waals surface area contributed by atoms with Crippen LogP contribution < -0.4 is 4.90 Å². The van der Waals surface area contributed by atoms with E-state index in [0.717, 1.165) is 41.8 Å². The second kappa shape index (κ2) is 6.82. The van der Waals surface area contributed by atoms with E-state index in [0.29, 0.717) is 11.4 Å². The van der Waals surface area contributed by atoms with Crippen LogP contribution in [0.15, 0.2) is 29.2 Å². The quantitative estimate of drug-likeness (QED) is 0.729. The Morgan fingerprint density at radius 1 is 1.00 bits per heavy atom. The fourth-order valence-electron chi connectivity index (χ4n) is 3.92. The molecular formula is C20H23NO3S2. The van der Waals surface area contributed by atoms with E-state index in [-0.39, 0.29) is 5.91 Å². The van der Waals surface area contributed by atoms with Gasteiger partial charge in [-0.05, 0) is 73.9 Å². The molecule has 6 heteroatoms. The van der Waals surface area contributed by atoms with Crippen molar-refractivity contribution in [3.63, 3.8) is 0 Å². The van der Waals surface area contributed by atoms with E-state index in [9.17, 15) is 13.2 Å². The smallest absolute Gasteiger partial charge is 0.268 e. The zero-order chi connectivity index (χ0) is 18.3. The number of fused-ring (bicyclic) bond motifs is 2. The molecule has 0 N–H and O–H groups in total. The molecule has 1 amide bonds. The lowest BCUT2D eigenvalue weighted by atomic mass is 10.0. The van der Waals surface area contributed by atoms with Crippen LogP contribution in [0, 0.1) is 0 Å². The summed E-state index contributed by atoms with van der Waals surface area (Å²) >= 11 is 1.65. The molecule has 1 aliphatic carbocycles. The van der Waals surface area contributed by atoms with Gasteiger partial charge in [0.1, 0.15) is 0 Å². The third-order valence-corrected chi connectivity index (χ3v) is 7.64. The summed E-state index contributed by atoms with van der Waals surface area (Å²) in [5, 5.41) is 0. The average Bonchev–Trinajstić information content (AvgIpc) is 2.90. The number of nitrogens with zero attached hydrogens (tertiary/aromatic N) is 1. The lowest BCUT2D eigenvalue weighted by molar-refractivity contribution is 0.0989. The Kier molecular flexibility index (Phi) is 4.65. The first-order chi connectivity index (χ1) is 12.4. The molecule has 1 aromatic heterocycles. The summed E-state index contributed by atoms with van der Waals surface area (Å²) in [5.74, 6) is 0.0520. The third kappa shape index (κ3) is 3.32. The summed E-state index contributed by atoms with van der Waals surface area (Å²) in [5.41, 5.74) is 3.16. The topological polar surface area (TPSA) is 54.5 Å². The van der Waals surface area contributed by atoms with Gasteiger partial charge in [0, 0.05) is 23.4 Å². The first kappa shape index (κ1) is 17.7. The van der Waals surface area contributed by atoms with Crippen molar-refractivity contribution in [1.82, 2.24) is 0 Å². The molecule has 0 unspecified atom stereocenters. The van der Waals surface area contributed by atoms with Crippen LogP contribution in [0.5, 0.6) is 0 Å². The van der Waals surface area contributed by atoms with E-state index < -0.39 is 9.84 Å². The highest BCUT2D eigenvalue weighted by Crippen LogP contribution is 2.34. The van der Waals surface area contributed by atoms with Gasteiger partial charge in [0.25, 0.3) is 5.91 Å². The summed E-state index contributed by atoms with van der Waals surface area (Å²) in [4.78, 5) is 17.5. The van der Waals surface area contributed by atoms with Crippen LogP contribution >= 0.6 is 11.3 Å². The Bertz CT molecular complexity index is 936. The Balaban J connectivity index is 1.66. The van der Waals surface area contributed by atoms with Crippen molar-refractivity contribution in [2.45, 2.75) is 49.8 Å². The number of thiophene rings is 1. The number of amides is 1. The maximum atomic E-state index is 13.2. The largest absolute Gasteiger partial charge is 0.307 e. The molecule has 4 rings (SSSR count). The molecule has 2 aliphatic rings. The lowest BCUT2D eigenvalue weighted by Crippen LogP contribution is -2.35. The predicted molar refractivity (Wildman–Crippen MR) is 105 cm³/mol. The molecule has 2 heterocycles. The number of sulfone groups is 1. The van der Waals surface area contributed by atoms with Crippen LogP contribution in [-0.2, 0) is 29.1 Å². The number of hydrogen-bond acceptors (Lipinski definition) is 4. The second-order valence-corrected chi connectivity index (χ2v) is 10.4. The number of carbonyl (C=O) groups is 1. The molecule has 2 aromatic rings. The van der Waals surface area contributed by atoms with Crippen LogP contribution in [-0.4, -0.2) is 27.1 Å². The van der Waals surface area contributed by atoms with Gasteiger partial charge < -0.3 is 4.90 Å². The molecule has 0 fully saturated rings.